The highest BCUT2D eigenvalue weighted by molar-refractivity contribution is 5.88. The van der Waals surface area contributed by atoms with Crippen molar-refractivity contribution in [1.82, 2.24) is 24.9 Å². The van der Waals surface area contributed by atoms with Gasteiger partial charge in [-0.2, -0.15) is 10.1 Å². The van der Waals surface area contributed by atoms with Gasteiger partial charge in [0, 0.05) is 30.1 Å². The van der Waals surface area contributed by atoms with Crippen LogP contribution in [0.2, 0.25) is 0 Å². The third kappa shape index (κ3) is 3.78. The molecule has 3 aromatic heterocycles. The fourth-order valence-electron chi connectivity index (χ4n) is 2.76. The Bertz CT molecular complexity index is 1110. The summed E-state index contributed by atoms with van der Waals surface area (Å²) in [5.74, 6) is -1.03. The number of nitrogens with two attached hydrogens (primary N) is 1. The molecule has 0 aliphatic carbocycles. The smallest absolute Gasteiger partial charge is 0.290 e. The number of amides is 1. The number of nitrogens with zero attached hydrogens (tertiary/aromatic N) is 5. The van der Waals surface area contributed by atoms with Gasteiger partial charge in [0.15, 0.2) is 0 Å². The minimum atomic E-state index is -0.764. The molecule has 1 aromatic carbocycles. The van der Waals surface area contributed by atoms with Crippen molar-refractivity contribution in [3.8, 4) is 11.3 Å². The minimum Gasteiger partial charge on any atom is -0.363 e. The quantitative estimate of drug-likeness (QED) is 0.550. The topological polar surface area (TPSA) is 113 Å². The molecule has 0 aliphatic rings. The first-order chi connectivity index (χ1) is 13.6. The van der Waals surface area contributed by atoms with Crippen LogP contribution in [0.1, 0.15) is 27.8 Å². The maximum absolute atomic E-state index is 13.2. The Morgan fingerprint density at radius 1 is 1.14 bits per heavy atom. The lowest BCUT2D eigenvalue weighted by atomic mass is 10.1. The standard InChI is InChI=1S/C19H15FN6O2/c20-14-3-1-12(2-4-14)9-15-10-16(13-5-7-22-8-6-13)24-26(15)11-17-23-19(18(21)27)25-28-17/h1-8,10H,9,11H2,(H2,21,27). The summed E-state index contributed by atoms with van der Waals surface area (Å²) in [7, 11) is 0. The van der Waals surface area contributed by atoms with Crippen LogP contribution in [-0.4, -0.2) is 30.8 Å². The van der Waals surface area contributed by atoms with Crippen LogP contribution < -0.4 is 5.73 Å². The zero-order chi connectivity index (χ0) is 19.5. The predicted octanol–water partition coefficient (Wildman–Crippen LogP) is 2.21. The van der Waals surface area contributed by atoms with Crippen molar-refractivity contribution in [3.05, 3.63) is 83.6 Å². The third-order valence-corrected chi connectivity index (χ3v) is 4.11. The molecule has 0 saturated carbocycles. The molecule has 0 bridgehead atoms. The maximum Gasteiger partial charge on any atom is 0.290 e. The van der Waals surface area contributed by atoms with Gasteiger partial charge in [-0.05, 0) is 35.9 Å². The molecule has 0 atom stereocenters. The summed E-state index contributed by atoms with van der Waals surface area (Å²) in [5, 5.41) is 8.16. The van der Waals surface area contributed by atoms with Crippen LogP contribution in [0.25, 0.3) is 11.3 Å². The zero-order valence-corrected chi connectivity index (χ0v) is 14.6. The van der Waals surface area contributed by atoms with Crippen LogP contribution >= 0.6 is 0 Å². The monoisotopic (exact) mass is 378 g/mol. The second-order valence-electron chi connectivity index (χ2n) is 6.09. The Kier molecular flexibility index (Phi) is 4.63. The number of carbonyl (C=O) groups is 1. The van der Waals surface area contributed by atoms with Crippen molar-refractivity contribution in [2.24, 2.45) is 5.73 Å². The van der Waals surface area contributed by atoms with Gasteiger partial charge in [-0.15, -0.1) is 0 Å². The van der Waals surface area contributed by atoms with Gasteiger partial charge in [-0.3, -0.25) is 14.5 Å². The van der Waals surface area contributed by atoms with E-state index in [0.29, 0.717) is 6.42 Å². The third-order valence-electron chi connectivity index (χ3n) is 4.11. The van der Waals surface area contributed by atoms with Crippen molar-refractivity contribution in [2.75, 3.05) is 0 Å². The van der Waals surface area contributed by atoms with E-state index in [4.69, 9.17) is 10.3 Å². The molecule has 0 unspecified atom stereocenters. The normalized spacial score (nSPS) is 10.9. The summed E-state index contributed by atoms with van der Waals surface area (Å²) in [6, 6.07) is 11.9. The van der Waals surface area contributed by atoms with Gasteiger partial charge >= 0.3 is 0 Å². The Hall–Kier alpha value is -3.88. The van der Waals surface area contributed by atoms with Crippen LogP contribution in [0.5, 0.6) is 0 Å². The fraction of sp³-hybridized carbons (Fsp3) is 0.105. The van der Waals surface area contributed by atoms with E-state index in [1.54, 1.807) is 29.2 Å². The molecule has 4 aromatic rings. The molecule has 0 radical (unpaired) electrons. The number of hydrogen-bond donors (Lipinski definition) is 1. The Balaban J connectivity index is 1.68. The van der Waals surface area contributed by atoms with Gasteiger partial charge in [0.2, 0.25) is 5.89 Å². The highest BCUT2D eigenvalue weighted by atomic mass is 19.1. The van der Waals surface area contributed by atoms with Crippen LogP contribution in [0.15, 0.2) is 59.4 Å². The lowest BCUT2D eigenvalue weighted by molar-refractivity contribution is 0.0987. The van der Waals surface area contributed by atoms with Crippen molar-refractivity contribution in [3.63, 3.8) is 0 Å². The molecular weight excluding hydrogens is 363 g/mol. The SMILES string of the molecule is NC(=O)c1noc(Cn2nc(-c3ccncc3)cc2Cc2ccc(F)cc2)n1. The maximum atomic E-state index is 13.2. The molecule has 3 heterocycles. The highest BCUT2D eigenvalue weighted by Crippen LogP contribution is 2.21. The van der Waals surface area contributed by atoms with Crippen LogP contribution in [0, 0.1) is 5.82 Å². The Morgan fingerprint density at radius 2 is 1.89 bits per heavy atom. The number of aromatic nitrogens is 5. The van der Waals surface area contributed by atoms with Gasteiger partial charge in [0.25, 0.3) is 11.7 Å². The minimum absolute atomic E-state index is 0.169. The predicted molar refractivity (Wildman–Crippen MR) is 96.6 cm³/mol. The lowest BCUT2D eigenvalue weighted by Gasteiger charge is -2.05. The molecule has 140 valence electrons. The molecular formula is C19H15FN6O2. The molecule has 4 rings (SSSR count). The first kappa shape index (κ1) is 17.5. The lowest BCUT2D eigenvalue weighted by Crippen LogP contribution is -2.13. The van der Waals surface area contributed by atoms with Gasteiger partial charge in [0.1, 0.15) is 12.4 Å². The average Bonchev–Trinajstić information content (AvgIpc) is 3.32. The molecule has 8 nitrogen and oxygen atoms in total. The second kappa shape index (κ2) is 7.39. The van der Waals surface area contributed by atoms with Crippen molar-refractivity contribution in [2.45, 2.75) is 13.0 Å². The van der Waals surface area contributed by atoms with E-state index < -0.39 is 5.91 Å². The van der Waals surface area contributed by atoms with Gasteiger partial charge in [0.05, 0.1) is 5.69 Å². The number of halogens is 1. The second-order valence-corrected chi connectivity index (χ2v) is 6.09. The van der Waals surface area contributed by atoms with E-state index in [1.165, 1.54) is 12.1 Å². The summed E-state index contributed by atoms with van der Waals surface area (Å²) in [6.07, 6.45) is 3.89. The number of benzene rings is 1. The summed E-state index contributed by atoms with van der Waals surface area (Å²) in [4.78, 5) is 19.2. The molecule has 0 spiro atoms. The summed E-state index contributed by atoms with van der Waals surface area (Å²) in [6.45, 7) is 0.169. The van der Waals surface area contributed by atoms with Crippen molar-refractivity contribution >= 4 is 5.91 Å². The van der Waals surface area contributed by atoms with Crippen LogP contribution in [0.3, 0.4) is 0 Å². The van der Waals surface area contributed by atoms with E-state index in [-0.39, 0.29) is 24.1 Å². The van der Waals surface area contributed by atoms with Gasteiger partial charge in [-0.25, -0.2) is 4.39 Å². The first-order valence-electron chi connectivity index (χ1n) is 8.42. The molecule has 28 heavy (non-hydrogen) atoms. The fourth-order valence-corrected chi connectivity index (χ4v) is 2.76. The van der Waals surface area contributed by atoms with Gasteiger partial charge in [-0.1, -0.05) is 17.3 Å². The summed E-state index contributed by atoms with van der Waals surface area (Å²) < 4.78 is 20.0. The largest absolute Gasteiger partial charge is 0.363 e. The van der Waals surface area contributed by atoms with Gasteiger partial charge < -0.3 is 10.3 Å². The number of carbonyl (C=O) groups excluding carboxylic acids is 1. The van der Waals surface area contributed by atoms with Crippen LogP contribution in [-0.2, 0) is 13.0 Å². The van der Waals surface area contributed by atoms with Crippen molar-refractivity contribution in [1.29, 1.82) is 0 Å². The van der Waals surface area contributed by atoms with E-state index in [9.17, 15) is 9.18 Å². The summed E-state index contributed by atoms with van der Waals surface area (Å²) in [5.41, 5.74) is 8.59. The van der Waals surface area contributed by atoms with E-state index in [0.717, 1.165) is 22.5 Å². The highest BCUT2D eigenvalue weighted by Gasteiger charge is 2.16. The number of pyridine rings is 1. The van der Waals surface area contributed by atoms with Crippen molar-refractivity contribution < 1.29 is 13.7 Å². The van der Waals surface area contributed by atoms with E-state index in [2.05, 4.69) is 20.2 Å². The molecule has 0 saturated heterocycles. The Morgan fingerprint density at radius 3 is 2.57 bits per heavy atom. The molecule has 0 aliphatic heterocycles. The molecule has 9 heteroatoms. The molecule has 1 amide bonds. The molecule has 0 fully saturated rings. The number of hydrogen-bond acceptors (Lipinski definition) is 6. The number of rotatable bonds is 6. The van der Waals surface area contributed by atoms with E-state index >= 15 is 0 Å². The first-order valence-corrected chi connectivity index (χ1v) is 8.42. The number of primary amides is 1. The zero-order valence-electron chi connectivity index (χ0n) is 14.6. The van der Waals surface area contributed by atoms with Crippen LogP contribution in [0.4, 0.5) is 4.39 Å². The summed E-state index contributed by atoms with van der Waals surface area (Å²) >= 11 is 0. The van der Waals surface area contributed by atoms with E-state index in [1.807, 2.05) is 18.2 Å². The Labute approximate surface area is 158 Å². The molecule has 2 N–H and O–H groups in total. The average molecular weight is 378 g/mol.